The van der Waals surface area contributed by atoms with Crippen LogP contribution >= 0.6 is 11.6 Å². The van der Waals surface area contributed by atoms with E-state index in [-0.39, 0.29) is 101 Å². The largest absolute Gasteiger partial charge is 0.508 e. The topological polar surface area (TPSA) is 521 Å². The summed E-state index contributed by atoms with van der Waals surface area (Å²) in [5.41, 5.74) is 20.1. The number of phenolic OH excluding ortho intramolecular Hbond substituents is 1. The van der Waals surface area contributed by atoms with Crippen LogP contribution in [-0.2, 0) is 78.4 Å². The van der Waals surface area contributed by atoms with Gasteiger partial charge in [0.2, 0.25) is 65.0 Å². The molecule has 0 saturated carbocycles. The number of nitrogens with two attached hydrogens (primary N) is 3. The van der Waals surface area contributed by atoms with E-state index >= 15 is 0 Å². The number of aromatic nitrogens is 2. The Labute approximate surface area is 605 Å². The second-order valence-electron chi connectivity index (χ2n) is 26.1. The quantitative estimate of drug-likeness (QED) is 0.0135. The summed E-state index contributed by atoms with van der Waals surface area (Å²) in [6.45, 7) is 5.39. The number of aliphatic hydroxyl groups is 1. The van der Waals surface area contributed by atoms with E-state index in [0.29, 0.717) is 44.6 Å². The van der Waals surface area contributed by atoms with Crippen molar-refractivity contribution >= 4 is 110 Å². The number of aliphatic hydroxyl groups excluding tert-OH is 1. The molecule has 23 N–H and O–H groups in total. The minimum Gasteiger partial charge on any atom is -0.508 e. The third-order valence-corrected chi connectivity index (χ3v) is 17.8. The number of carbonyl (C=O) groups excluding carboxylic acids is 11. The lowest BCUT2D eigenvalue weighted by Crippen LogP contribution is -2.61. The standard InChI is InChI=1S/C71H94ClN19O13/c1-38(2)30-53(62(97)85-52(17-10-28-79-71(76)77)69(104)91-29-11-18-59(91)68(103)82-39(3)60(73)95)86-61(96)51(16-9-27-78-70(74)75)84-63(98)54(32-42-21-25-46(94)26-22-42)88-67(102)58(37-92)90-66(101)57(34-44-36-81-50-15-8-6-13-48(44)50)89-64(99)55(31-41-19-23-45(72)24-20-41)87-65(100)56(83-40(4)93)33-43-35-80-49-14-7-5-12-47(43)49/h5-8,12-15,19-26,35-36,38-39,51-59,80-81,92,94H,9-11,16-18,27-34,37H2,1-4H3,(H2,73,95)(H,82,103)(H,83,93)(H,84,98)(H,85,97)(H,86,96)(H,87,100)(H,88,102)(H,89,99)(H,90,101)(H4,74,75,78)(H4,76,77,79)/t39-,51-,52+,53+,54+,55-,56-,57-,58+,59+/m1/s1. The molecule has 1 aliphatic rings. The number of carbonyl (C=O) groups is 11. The van der Waals surface area contributed by atoms with Gasteiger partial charge in [-0.15, -0.1) is 0 Å². The fraction of sp³-hybridized carbons (Fsp3) is 0.423. The third kappa shape index (κ3) is 23.9. The van der Waals surface area contributed by atoms with Gasteiger partial charge in [0.25, 0.3) is 0 Å². The number of H-pyrrole nitrogens is 2. The van der Waals surface area contributed by atoms with Gasteiger partial charge in [-0.2, -0.15) is 0 Å². The number of fused-ring (bicyclic) bond motifs is 2. The van der Waals surface area contributed by atoms with Gasteiger partial charge in [0.05, 0.1) is 6.61 Å². The van der Waals surface area contributed by atoms with Gasteiger partial charge in [0.1, 0.15) is 66.2 Å². The fourth-order valence-corrected chi connectivity index (χ4v) is 12.2. The van der Waals surface area contributed by atoms with Gasteiger partial charge in [-0.25, -0.2) is 0 Å². The number of guanidine groups is 2. The summed E-state index contributed by atoms with van der Waals surface area (Å²) in [7, 11) is 0. The number of rotatable bonds is 38. The van der Waals surface area contributed by atoms with E-state index in [9.17, 15) is 63.0 Å². The van der Waals surface area contributed by atoms with Gasteiger partial charge in [0.15, 0.2) is 11.9 Å². The summed E-state index contributed by atoms with van der Waals surface area (Å²) < 4.78 is 0. The molecule has 0 unspecified atom stereocenters. The van der Waals surface area contributed by atoms with Crippen LogP contribution in [0.3, 0.4) is 0 Å². The molecule has 10 atom stereocenters. The van der Waals surface area contributed by atoms with E-state index in [1.165, 1.54) is 43.0 Å². The zero-order valence-corrected chi connectivity index (χ0v) is 59.0. The van der Waals surface area contributed by atoms with Crippen LogP contribution in [0.4, 0.5) is 0 Å². The number of likely N-dealkylation sites (tertiary alicyclic amines) is 1. The van der Waals surface area contributed by atoms with Crippen molar-refractivity contribution < 1.29 is 63.0 Å². The van der Waals surface area contributed by atoms with Crippen molar-refractivity contribution in [3.05, 3.63) is 137 Å². The molecular formula is C71H94ClN19O13. The first-order chi connectivity index (χ1) is 49.6. The number of aromatic amines is 2. The maximum absolute atomic E-state index is 15.0. The van der Waals surface area contributed by atoms with Crippen LogP contribution in [0.15, 0.2) is 109 Å². The highest BCUT2D eigenvalue weighted by Gasteiger charge is 2.40. The highest BCUT2D eigenvalue weighted by molar-refractivity contribution is 6.30. The molecule has 4 aromatic carbocycles. The predicted molar refractivity (Wildman–Crippen MR) is 388 cm³/mol. The van der Waals surface area contributed by atoms with E-state index in [4.69, 9.17) is 39.6 Å². The average molecular weight is 1460 g/mol. The number of halogens is 1. The number of phenols is 1. The monoisotopic (exact) mass is 1460 g/mol. The van der Waals surface area contributed by atoms with Crippen molar-refractivity contribution in [3.8, 4) is 5.75 Å². The summed E-state index contributed by atoms with van der Waals surface area (Å²) in [5.74, 6) is -10.2. The Morgan fingerprint density at radius 2 is 0.952 bits per heavy atom. The molecule has 7 rings (SSSR count). The number of benzene rings is 4. The smallest absolute Gasteiger partial charge is 0.245 e. The van der Waals surface area contributed by atoms with Crippen LogP contribution in [0.1, 0.15) is 94.9 Å². The second-order valence-corrected chi connectivity index (χ2v) is 26.5. The molecule has 3 heterocycles. The Balaban J connectivity index is 1.15. The minimum absolute atomic E-state index is 0.00911. The molecule has 1 aliphatic heterocycles. The molecule has 558 valence electrons. The van der Waals surface area contributed by atoms with E-state index in [1.54, 1.807) is 74.8 Å². The Bertz CT molecular complexity index is 4040. The van der Waals surface area contributed by atoms with Crippen molar-refractivity contribution in [2.45, 2.75) is 159 Å². The highest BCUT2D eigenvalue weighted by atomic mass is 35.5. The number of primary amides is 1. The lowest BCUT2D eigenvalue weighted by Gasteiger charge is -2.31. The predicted octanol–water partition coefficient (Wildman–Crippen LogP) is -0.277. The van der Waals surface area contributed by atoms with Crippen molar-refractivity contribution in [1.29, 1.82) is 10.8 Å². The molecule has 6 aromatic rings. The van der Waals surface area contributed by atoms with E-state index in [2.05, 4.69) is 68.5 Å². The van der Waals surface area contributed by atoms with Crippen LogP contribution in [0.25, 0.3) is 21.8 Å². The maximum atomic E-state index is 15.0. The number of nitrogens with one attached hydrogen (secondary N) is 15. The molecule has 1 saturated heterocycles. The van der Waals surface area contributed by atoms with Gasteiger partial charge in [0, 0.05) is 91.5 Å². The zero-order chi connectivity index (χ0) is 75.7. The second kappa shape index (κ2) is 38.7. The molecule has 1 fully saturated rings. The molecule has 32 nitrogen and oxygen atoms in total. The molecule has 2 aromatic heterocycles. The van der Waals surface area contributed by atoms with Gasteiger partial charge in [-0.05, 0) is 116 Å². The Kier molecular flexibility index (Phi) is 29.8. The third-order valence-electron chi connectivity index (χ3n) is 17.5. The SMILES string of the molecule is CC(=O)N[C@H](Cc1c[nH]c2ccccc12)C(=O)N[C@H](Cc1ccc(Cl)cc1)C(=O)N[C@H](Cc1c[nH]c2ccccc12)C(=O)N[C@@H](CO)C(=O)N[C@@H](Cc1ccc(O)cc1)C(=O)N[C@H](CCCNC(=N)N)C(=O)N[C@@H](CC(C)C)C(=O)N[C@@H](CCCNC(=N)N)C(=O)N1CCC[C@H]1C(=O)N[C@H](C)C(N)=O. The Hall–Kier alpha value is -11.3. The fourth-order valence-electron chi connectivity index (χ4n) is 12.1. The molecule has 0 bridgehead atoms. The lowest BCUT2D eigenvalue weighted by molar-refractivity contribution is -0.142. The first-order valence-electron chi connectivity index (χ1n) is 34.3. The number of nitrogens with zero attached hydrogens (tertiary/aromatic N) is 1. The van der Waals surface area contributed by atoms with E-state index in [1.807, 2.05) is 24.3 Å². The average Bonchev–Trinajstić information content (AvgIpc) is 1.60. The normalized spacial score (nSPS) is 15.3. The van der Waals surface area contributed by atoms with Gasteiger partial charge in [-0.3, -0.25) is 63.6 Å². The van der Waals surface area contributed by atoms with E-state index in [0.717, 1.165) is 10.9 Å². The number of hydrogen-bond donors (Lipinski definition) is 20. The van der Waals surface area contributed by atoms with Crippen LogP contribution in [0.2, 0.25) is 5.02 Å². The summed E-state index contributed by atoms with van der Waals surface area (Å²) >= 11 is 6.26. The summed E-state index contributed by atoms with van der Waals surface area (Å²) in [6.07, 6.45) is 3.37. The molecule has 0 spiro atoms. The number of aromatic hydroxyl groups is 1. The van der Waals surface area contributed by atoms with Gasteiger partial charge < -0.3 is 101 Å². The van der Waals surface area contributed by atoms with Crippen LogP contribution < -0.4 is 75.7 Å². The van der Waals surface area contributed by atoms with Crippen LogP contribution in [0, 0.1) is 16.7 Å². The summed E-state index contributed by atoms with van der Waals surface area (Å²) in [6, 6.07) is 12.7. The number of para-hydroxylation sites is 2. The molecule has 33 heteroatoms. The Morgan fingerprint density at radius 1 is 0.538 bits per heavy atom. The van der Waals surface area contributed by atoms with Crippen molar-refractivity contribution in [3.63, 3.8) is 0 Å². The Morgan fingerprint density at radius 3 is 1.43 bits per heavy atom. The first kappa shape index (κ1) is 80.0. The van der Waals surface area contributed by atoms with Crippen molar-refractivity contribution in [2.24, 2.45) is 23.1 Å². The van der Waals surface area contributed by atoms with E-state index < -0.39 is 138 Å². The molecule has 11 amide bonds. The van der Waals surface area contributed by atoms with Gasteiger partial charge in [-0.1, -0.05) is 86.1 Å². The number of amides is 11. The van der Waals surface area contributed by atoms with Crippen LogP contribution in [-0.4, -0.2) is 189 Å². The maximum Gasteiger partial charge on any atom is 0.245 e. The first-order valence-corrected chi connectivity index (χ1v) is 34.6. The molecular weight excluding hydrogens is 1360 g/mol. The molecule has 104 heavy (non-hydrogen) atoms. The highest BCUT2D eigenvalue weighted by Crippen LogP contribution is 2.24. The van der Waals surface area contributed by atoms with Gasteiger partial charge >= 0.3 is 0 Å². The summed E-state index contributed by atoms with van der Waals surface area (Å²) in [4.78, 5) is 164. The van der Waals surface area contributed by atoms with Crippen molar-refractivity contribution in [2.75, 3.05) is 26.2 Å². The molecule has 0 radical (unpaired) electrons. The van der Waals surface area contributed by atoms with Crippen LogP contribution in [0.5, 0.6) is 5.75 Å². The lowest BCUT2D eigenvalue weighted by atomic mass is 10.00. The zero-order valence-electron chi connectivity index (χ0n) is 58.3. The van der Waals surface area contributed by atoms with Crippen molar-refractivity contribution in [1.82, 2.24) is 73.4 Å². The molecule has 0 aliphatic carbocycles. The minimum atomic E-state index is -1.85. The summed E-state index contributed by atoms with van der Waals surface area (Å²) in [5, 5.41) is 67.9. The number of hydrogen-bond acceptors (Lipinski definition) is 15.